The van der Waals surface area contributed by atoms with Gasteiger partial charge in [-0.1, -0.05) is 22.9 Å². The molecule has 1 aromatic heterocycles. The Balaban J connectivity index is 1.90. The van der Waals surface area contributed by atoms with E-state index in [0.29, 0.717) is 0 Å². The lowest BCUT2D eigenvalue weighted by molar-refractivity contribution is 0.352. The van der Waals surface area contributed by atoms with E-state index in [-0.39, 0.29) is 0 Å². The molecule has 0 unspecified atom stereocenters. The van der Waals surface area contributed by atoms with Crippen molar-refractivity contribution in [2.45, 2.75) is 33.2 Å². The van der Waals surface area contributed by atoms with Gasteiger partial charge in [0.05, 0.1) is 18.8 Å². The van der Waals surface area contributed by atoms with Crippen molar-refractivity contribution in [3.63, 3.8) is 0 Å². The second kappa shape index (κ2) is 6.10. The zero-order valence-corrected chi connectivity index (χ0v) is 14.0. The van der Waals surface area contributed by atoms with Crippen molar-refractivity contribution in [1.82, 2.24) is 9.55 Å². The summed E-state index contributed by atoms with van der Waals surface area (Å²) in [5, 5.41) is 3.39. The van der Waals surface area contributed by atoms with Crippen LogP contribution in [0, 0.1) is 6.92 Å². The van der Waals surface area contributed by atoms with Crippen molar-refractivity contribution < 1.29 is 4.74 Å². The number of anilines is 1. The third-order valence-electron chi connectivity index (χ3n) is 3.60. The Hall–Kier alpha value is -1.49. The van der Waals surface area contributed by atoms with Crippen LogP contribution in [0.2, 0.25) is 0 Å². The van der Waals surface area contributed by atoms with Gasteiger partial charge in [0.1, 0.15) is 5.75 Å². The van der Waals surface area contributed by atoms with Gasteiger partial charge in [-0.2, -0.15) is 0 Å². The summed E-state index contributed by atoms with van der Waals surface area (Å²) >= 11 is 3.60. The molecular formula is C16H20BrN3O. The fraction of sp³-hybridized carbons (Fsp3) is 0.438. The second-order valence-electron chi connectivity index (χ2n) is 5.41. The first kappa shape index (κ1) is 14.4. The average molecular weight is 350 g/mol. The van der Waals surface area contributed by atoms with Crippen LogP contribution in [0.1, 0.15) is 30.2 Å². The smallest absolute Gasteiger partial charge is 0.203 e. The summed E-state index contributed by atoms with van der Waals surface area (Å²) in [5.41, 5.74) is 3.52. The molecule has 4 nitrogen and oxygen atoms in total. The first-order chi connectivity index (χ1) is 10.2. The molecule has 0 atom stereocenters. The highest BCUT2D eigenvalue weighted by atomic mass is 79.9. The van der Waals surface area contributed by atoms with Gasteiger partial charge in [0.2, 0.25) is 5.95 Å². The topological polar surface area (TPSA) is 39.1 Å². The number of halogens is 1. The molecule has 2 aromatic rings. The fourth-order valence-electron chi connectivity index (χ4n) is 2.69. The summed E-state index contributed by atoms with van der Waals surface area (Å²) in [6.07, 6.45) is 4.16. The molecule has 21 heavy (non-hydrogen) atoms. The summed E-state index contributed by atoms with van der Waals surface area (Å²) in [7, 11) is 0. The SMILES string of the molecule is CCCNc1nc(C)cn1Cc1cc(Br)cc2c1OCC2. The van der Waals surface area contributed by atoms with Crippen LogP contribution in [-0.2, 0) is 13.0 Å². The van der Waals surface area contributed by atoms with Crippen molar-refractivity contribution in [3.05, 3.63) is 39.6 Å². The van der Waals surface area contributed by atoms with E-state index in [1.54, 1.807) is 0 Å². The number of benzene rings is 1. The van der Waals surface area contributed by atoms with E-state index < -0.39 is 0 Å². The number of rotatable bonds is 5. The molecule has 0 fully saturated rings. The van der Waals surface area contributed by atoms with Gasteiger partial charge in [0, 0.05) is 29.2 Å². The van der Waals surface area contributed by atoms with E-state index in [1.807, 2.05) is 6.92 Å². The van der Waals surface area contributed by atoms with Crippen molar-refractivity contribution in [2.75, 3.05) is 18.5 Å². The minimum atomic E-state index is 0.772. The van der Waals surface area contributed by atoms with E-state index in [1.165, 1.54) is 11.1 Å². The van der Waals surface area contributed by atoms with Crippen LogP contribution in [0.25, 0.3) is 0 Å². The Labute approximate surface area is 133 Å². The number of imidazole rings is 1. The lowest BCUT2D eigenvalue weighted by Gasteiger charge is -2.12. The summed E-state index contributed by atoms with van der Waals surface area (Å²) in [5.74, 6) is 1.98. The number of aromatic nitrogens is 2. The number of hydrogen-bond donors (Lipinski definition) is 1. The van der Waals surface area contributed by atoms with Crippen LogP contribution in [0.5, 0.6) is 5.75 Å². The number of fused-ring (bicyclic) bond motifs is 1. The van der Waals surface area contributed by atoms with E-state index in [0.717, 1.165) is 54.4 Å². The fourth-order valence-corrected chi connectivity index (χ4v) is 3.24. The van der Waals surface area contributed by atoms with Crippen LogP contribution in [0.15, 0.2) is 22.8 Å². The number of aryl methyl sites for hydroxylation is 1. The standard InChI is InChI=1S/C16H20BrN3O/c1-3-5-18-16-19-11(2)9-20(16)10-13-8-14(17)7-12-4-6-21-15(12)13/h7-9H,3-6,10H2,1-2H3,(H,18,19). The lowest BCUT2D eigenvalue weighted by Crippen LogP contribution is -2.09. The average Bonchev–Trinajstić information content (AvgIpc) is 3.03. The molecule has 0 radical (unpaired) electrons. The molecule has 0 saturated heterocycles. The molecular weight excluding hydrogens is 330 g/mol. The van der Waals surface area contributed by atoms with E-state index >= 15 is 0 Å². The zero-order valence-electron chi connectivity index (χ0n) is 12.4. The summed E-state index contributed by atoms with van der Waals surface area (Å²) in [6, 6.07) is 4.30. The van der Waals surface area contributed by atoms with E-state index in [4.69, 9.17) is 4.74 Å². The van der Waals surface area contributed by atoms with Crippen LogP contribution < -0.4 is 10.1 Å². The van der Waals surface area contributed by atoms with Gasteiger partial charge in [-0.15, -0.1) is 0 Å². The Morgan fingerprint density at radius 2 is 2.29 bits per heavy atom. The summed E-state index contributed by atoms with van der Waals surface area (Å²) in [4.78, 5) is 4.56. The molecule has 0 amide bonds. The highest BCUT2D eigenvalue weighted by molar-refractivity contribution is 9.10. The minimum Gasteiger partial charge on any atom is -0.493 e. The normalized spacial score (nSPS) is 13.1. The molecule has 1 aromatic carbocycles. The molecule has 1 aliphatic rings. The number of ether oxygens (including phenoxy) is 1. The molecule has 2 heterocycles. The maximum absolute atomic E-state index is 5.81. The van der Waals surface area contributed by atoms with Gasteiger partial charge in [0.25, 0.3) is 0 Å². The number of hydrogen-bond acceptors (Lipinski definition) is 3. The van der Waals surface area contributed by atoms with Gasteiger partial charge in [0.15, 0.2) is 0 Å². The predicted molar refractivity (Wildman–Crippen MR) is 88.2 cm³/mol. The van der Waals surface area contributed by atoms with Gasteiger partial charge in [-0.3, -0.25) is 0 Å². The molecule has 1 N–H and O–H groups in total. The molecule has 0 bridgehead atoms. The number of nitrogens with zero attached hydrogens (tertiary/aromatic N) is 2. The van der Waals surface area contributed by atoms with E-state index in [9.17, 15) is 0 Å². The monoisotopic (exact) mass is 349 g/mol. The Morgan fingerprint density at radius 3 is 3.10 bits per heavy atom. The number of nitrogens with one attached hydrogen (secondary N) is 1. The minimum absolute atomic E-state index is 0.772. The molecule has 5 heteroatoms. The molecule has 0 spiro atoms. The third-order valence-corrected chi connectivity index (χ3v) is 4.05. The van der Waals surface area contributed by atoms with Crippen molar-refractivity contribution in [2.24, 2.45) is 0 Å². The first-order valence-corrected chi connectivity index (χ1v) is 8.18. The Morgan fingerprint density at radius 1 is 1.43 bits per heavy atom. The highest BCUT2D eigenvalue weighted by Gasteiger charge is 2.18. The molecule has 0 aliphatic carbocycles. The van der Waals surface area contributed by atoms with Crippen LogP contribution in [-0.4, -0.2) is 22.7 Å². The summed E-state index contributed by atoms with van der Waals surface area (Å²) < 4.78 is 9.08. The molecule has 0 saturated carbocycles. The largest absolute Gasteiger partial charge is 0.493 e. The van der Waals surface area contributed by atoms with Gasteiger partial charge in [-0.05, 0) is 31.0 Å². The van der Waals surface area contributed by atoms with Gasteiger partial charge in [-0.25, -0.2) is 4.98 Å². The van der Waals surface area contributed by atoms with E-state index in [2.05, 4.69) is 56.1 Å². The Kier molecular flexibility index (Phi) is 4.19. The zero-order chi connectivity index (χ0) is 14.8. The van der Waals surface area contributed by atoms with Crippen molar-refractivity contribution >= 4 is 21.9 Å². The van der Waals surface area contributed by atoms with Crippen LogP contribution in [0.4, 0.5) is 5.95 Å². The molecule has 112 valence electrons. The van der Waals surface area contributed by atoms with Crippen LogP contribution >= 0.6 is 15.9 Å². The quantitative estimate of drug-likeness (QED) is 0.893. The molecule has 3 rings (SSSR count). The second-order valence-corrected chi connectivity index (χ2v) is 6.33. The van der Waals surface area contributed by atoms with Crippen molar-refractivity contribution in [3.8, 4) is 5.75 Å². The van der Waals surface area contributed by atoms with Gasteiger partial charge < -0.3 is 14.6 Å². The van der Waals surface area contributed by atoms with Crippen LogP contribution in [0.3, 0.4) is 0 Å². The lowest BCUT2D eigenvalue weighted by atomic mass is 10.1. The Bertz CT molecular complexity index is 651. The van der Waals surface area contributed by atoms with Gasteiger partial charge >= 0.3 is 0 Å². The van der Waals surface area contributed by atoms with Crippen molar-refractivity contribution in [1.29, 1.82) is 0 Å². The first-order valence-electron chi connectivity index (χ1n) is 7.39. The molecule has 1 aliphatic heterocycles. The maximum Gasteiger partial charge on any atom is 0.203 e. The predicted octanol–water partition coefficient (Wildman–Crippen LogP) is 3.76. The highest BCUT2D eigenvalue weighted by Crippen LogP contribution is 2.33. The summed E-state index contributed by atoms with van der Waals surface area (Å²) in [6.45, 7) is 6.67. The third kappa shape index (κ3) is 3.07. The maximum atomic E-state index is 5.81.